The van der Waals surface area contributed by atoms with Gasteiger partial charge in [0.25, 0.3) is 5.19 Å². The van der Waals surface area contributed by atoms with Gasteiger partial charge in [0.05, 0.1) is 19.0 Å². The lowest BCUT2D eigenvalue weighted by Gasteiger charge is -2.34. The van der Waals surface area contributed by atoms with E-state index in [2.05, 4.69) is 38.8 Å². The maximum Gasteiger partial charge on any atom is 0.294 e. The zero-order valence-electron chi connectivity index (χ0n) is 19.7. The smallest absolute Gasteiger partial charge is 0.294 e. The summed E-state index contributed by atoms with van der Waals surface area (Å²) in [5.74, 6) is 1.85. The minimum Gasteiger partial charge on any atom is -0.481 e. The van der Waals surface area contributed by atoms with Gasteiger partial charge in [0.1, 0.15) is 6.10 Å². The normalized spacial score (nSPS) is 15.6. The maximum absolute atomic E-state index is 6.23. The minimum atomic E-state index is 0.0785. The molecule has 0 saturated carbocycles. The molecule has 178 valence electrons. The van der Waals surface area contributed by atoms with E-state index in [0.29, 0.717) is 17.0 Å². The van der Waals surface area contributed by atoms with Crippen LogP contribution in [-0.2, 0) is 6.42 Å². The molecule has 4 aromatic heterocycles. The number of ether oxygens (including phenoxy) is 2. The number of fused-ring (bicyclic) bond motifs is 1. The highest BCUT2D eigenvalue weighted by Crippen LogP contribution is 2.30. The van der Waals surface area contributed by atoms with Gasteiger partial charge >= 0.3 is 0 Å². The van der Waals surface area contributed by atoms with E-state index in [9.17, 15) is 0 Å². The molecule has 0 bridgehead atoms. The fraction of sp³-hybridized carbons (Fsp3) is 0.458. The average molecular weight is 480 g/mol. The van der Waals surface area contributed by atoms with Gasteiger partial charge in [-0.3, -0.25) is 0 Å². The van der Waals surface area contributed by atoms with Gasteiger partial charge in [0.2, 0.25) is 16.8 Å². The number of methoxy groups -OCH3 is 1. The van der Waals surface area contributed by atoms with Crippen LogP contribution >= 0.6 is 11.3 Å². The molecule has 0 aliphatic carbocycles. The largest absolute Gasteiger partial charge is 0.481 e. The van der Waals surface area contributed by atoms with E-state index in [1.807, 2.05) is 30.7 Å². The quantitative estimate of drug-likeness (QED) is 0.370. The van der Waals surface area contributed by atoms with Crippen LogP contribution in [0.25, 0.3) is 16.2 Å². The van der Waals surface area contributed by atoms with Crippen molar-refractivity contribution in [3.8, 4) is 22.3 Å². The molecule has 0 N–H and O–H groups in total. The number of hydrogen-bond acceptors (Lipinski definition) is 9. The molecule has 0 radical (unpaired) electrons. The molecule has 1 fully saturated rings. The van der Waals surface area contributed by atoms with Crippen molar-refractivity contribution < 1.29 is 9.47 Å². The molecule has 1 aliphatic heterocycles. The van der Waals surface area contributed by atoms with Gasteiger partial charge in [-0.15, -0.1) is 5.10 Å². The van der Waals surface area contributed by atoms with E-state index >= 15 is 0 Å². The predicted molar refractivity (Wildman–Crippen MR) is 132 cm³/mol. The number of nitrogens with zero attached hydrogens (tertiary/aromatic N) is 7. The Morgan fingerprint density at radius 2 is 1.97 bits per heavy atom. The molecule has 5 rings (SSSR count). The number of hydrogen-bond donors (Lipinski definition) is 0. The highest BCUT2D eigenvalue weighted by Gasteiger charge is 2.27. The van der Waals surface area contributed by atoms with E-state index in [-0.39, 0.29) is 6.10 Å². The molecular formula is C24H29N7O2S. The number of pyridine rings is 1. The lowest BCUT2D eigenvalue weighted by atomic mass is 9.92. The second-order valence-corrected chi connectivity index (χ2v) is 9.52. The molecule has 1 saturated heterocycles. The monoisotopic (exact) mass is 479 g/mol. The van der Waals surface area contributed by atoms with Crippen LogP contribution in [0, 0.1) is 5.92 Å². The van der Waals surface area contributed by atoms with Crippen molar-refractivity contribution in [3.05, 3.63) is 42.5 Å². The molecule has 1 atom stereocenters. The van der Waals surface area contributed by atoms with E-state index in [0.717, 1.165) is 60.9 Å². The van der Waals surface area contributed by atoms with Crippen molar-refractivity contribution in [2.45, 2.75) is 45.6 Å². The summed E-state index contributed by atoms with van der Waals surface area (Å²) in [7, 11) is 1.60. The first-order chi connectivity index (χ1) is 16.6. The van der Waals surface area contributed by atoms with Crippen LogP contribution in [0.5, 0.6) is 11.1 Å². The predicted octanol–water partition coefficient (Wildman–Crippen LogP) is 4.29. The van der Waals surface area contributed by atoms with Crippen molar-refractivity contribution in [1.82, 2.24) is 29.5 Å². The summed E-state index contributed by atoms with van der Waals surface area (Å²) in [5.41, 5.74) is 2.97. The molecule has 0 aromatic carbocycles. The Hall–Kier alpha value is -3.27. The summed E-state index contributed by atoms with van der Waals surface area (Å²) in [4.78, 5) is 21.1. The molecule has 10 heteroatoms. The zero-order valence-corrected chi connectivity index (χ0v) is 20.5. The van der Waals surface area contributed by atoms with Crippen LogP contribution in [0.1, 0.15) is 38.7 Å². The van der Waals surface area contributed by atoms with Gasteiger partial charge in [-0.05, 0) is 55.1 Å². The molecule has 34 heavy (non-hydrogen) atoms. The van der Waals surface area contributed by atoms with Gasteiger partial charge in [-0.25, -0.2) is 24.5 Å². The van der Waals surface area contributed by atoms with Crippen LogP contribution in [-0.4, -0.2) is 55.9 Å². The fourth-order valence-corrected chi connectivity index (χ4v) is 5.12. The molecule has 1 aliphatic rings. The van der Waals surface area contributed by atoms with Crippen molar-refractivity contribution in [2.24, 2.45) is 5.92 Å². The highest BCUT2D eigenvalue weighted by atomic mass is 32.1. The fourth-order valence-electron chi connectivity index (χ4n) is 4.30. The molecule has 0 unspecified atom stereocenters. The first-order valence-corrected chi connectivity index (χ1v) is 12.5. The summed E-state index contributed by atoms with van der Waals surface area (Å²) in [6.45, 7) is 6.18. The summed E-state index contributed by atoms with van der Waals surface area (Å²) in [5, 5.41) is 5.24. The van der Waals surface area contributed by atoms with E-state index in [1.165, 1.54) is 16.9 Å². The van der Waals surface area contributed by atoms with Crippen molar-refractivity contribution >= 4 is 22.2 Å². The van der Waals surface area contributed by atoms with Gasteiger partial charge in [-0.2, -0.15) is 0 Å². The Morgan fingerprint density at radius 3 is 2.68 bits per heavy atom. The molecule has 9 nitrogen and oxygen atoms in total. The number of aryl methyl sites for hydroxylation is 1. The van der Waals surface area contributed by atoms with Gasteiger partial charge in [0, 0.05) is 43.3 Å². The van der Waals surface area contributed by atoms with Crippen LogP contribution in [0.2, 0.25) is 0 Å². The lowest BCUT2D eigenvalue weighted by Crippen LogP contribution is -2.39. The first kappa shape index (κ1) is 22.5. The van der Waals surface area contributed by atoms with Gasteiger partial charge in [-0.1, -0.05) is 13.3 Å². The summed E-state index contributed by atoms with van der Waals surface area (Å²) >= 11 is 1.46. The Balaban J connectivity index is 1.18. The summed E-state index contributed by atoms with van der Waals surface area (Å²) in [6.07, 6.45) is 11.8. The number of rotatable bonds is 8. The zero-order chi connectivity index (χ0) is 23.5. The minimum absolute atomic E-state index is 0.0785. The number of aromatic nitrogens is 6. The van der Waals surface area contributed by atoms with Gasteiger partial charge in [0.15, 0.2) is 0 Å². The summed E-state index contributed by atoms with van der Waals surface area (Å²) < 4.78 is 13.2. The van der Waals surface area contributed by atoms with Crippen LogP contribution in [0.3, 0.4) is 0 Å². The second kappa shape index (κ2) is 9.92. The van der Waals surface area contributed by atoms with E-state index < -0.39 is 0 Å². The Labute approximate surface area is 202 Å². The lowest BCUT2D eigenvalue weighted by molar-refractivity contribution is 0.131. The molecule has 5 heterocycles. The molecule has 4 aromatic rings. The Morgan fingerprint density at radius 1 is 1.18 bits per heavy atom. The van der Waals surface area contributed by atoms with Crippen molar-refractivity contribution in [3.63, 3.8) is 0 Å². The third-order valence-electron chi connectivity index (χ3n) is 6.27. The Kier molecular flexibility index (Phi) is 6.57. The first-order valence-electron chi connectivity index (χ1n) is 11.7. The topological polar surface area (TPSA) is 90.6 Å². The number of anilines is 1. The molecule has 0 amide bonds. The molecular weight excluding hydrogens is 450 g/mol. The standard InChI is InChI=1S/C24H29N7O2S/c1-4-5-17-13-26-22(27-14-17)30-10-7-18(8-11-30)16(2)33-24-29-31-15-20(28-23(31)34-24)19-6-9-25-21(12-19)32-3/h6,9,12-16,18H,4-5,7-8,10-11H2,1-3H3/t16-/m0/s1. The van der Waals surface area contributed by atoms with Crippen LogP contribution in [0.4, 0.5) is 5.95 Å². The third-order valence-corrected chi connectivity index (χ3v) is 7.08. The van der Waals surface area contributed by atoms with Crippen molar-refractivity contribution in [2.75, 3.05) is 25.1 Å². The van der Waals surface area contributed by atoms with Gasteiger partial charge < -0.3 is 14.4 Å². The van der Waals surface area contributed by atoms with Crippen molar-refractivity contribution in [1.29, 1.82) is 0 Å². The van der Waals surface area contributed by atoms with E-state index in [1.54, 1.807) is 17.8 Å². The van der Waals surface area contributed by atoms with Crippen LogP contribution in [0.15, 0.2) is 36.9 Å². The SMILES string of the molecule is CCCc1cnc(N2CCC([C@H](C)Oc3nn4cc(-c5ccnc(OC)c5)nc4s3)CC2)nc1. The third kappa shape index (κ3) is 4.82. The number of imidazole rings is 1. The van der Waals surface area contributed by atoms with E-state index in [4.69, 9.17) is 14.5 Å². The molecule has 0 spiro atoms. The Bertz CT molecular complexity index is 1200. The maximum atomic E-state index is 6.23. The van der Waals surface area contributed by atoms with Crippen LogP contribution < -0.4 is 14.4 Å². The second-order valence-electron chi connectivity index (χ2n) is 8.60. The highest BCUT2D eigenvalue weighted by molar-refractivity contribution is 7.18. The number of piperidine rings is 1. The summed E-state index contributed by atoms with van der Waals surface area (Å²) in [6, 6.07) is 3.77. The average Bonchev–Trinajstić information content (AvgIpc) is 3.44.